The average molecular weight is 296 g/mol. The third kappa shape index (κ3) is 5.56. The summed E-state index contributed by atoms with van der Waals surface area (Å²) in [6, 6.07) is 1.34. The summed E-state index contributed by atoms with van der Waals surface area (Å²) >= 11 is 1.26. The first-order valence-corrected chi connectivity index (χ1v) is 7.43. The first kappa shape index (κ1) is 16.4. The molecule has 1 unspecified atom stereocenters. The number of nitrogens with zero attached hydrogens (tertiary/aromatic N) is 2. The number of carbonyl (C=O) groups is 2. The van der Waals surface area contributed by atoms with E-state index in [4.69, 9.17) is 0 Å². The molecule has 2 amide bonds. The number of amides is 2. The number of hydrogen-bond donors (Lipinski definition) is 2. The normalized spacial score (nSPS) is 11.8. The summed E-state index contributed by atoms with van der Waals surface area (Å²) in [5, 5.41) is 5.86. The SMILES string of the molecule is CCNC(=O)C(C)NC(=O)CSc1nc(C)cc(C)n1. The molecule has 0 aliphatic carbocycles. The number of hydrogen-bond acceptors (Lipinski definition) is 5. The van der Waals surface area contributed by atoms with Crippen LogP contribution in [0.5, 0.6) is 0 Å². The van der Waals surface area contributed by atoms with Crippen LogP contribution in [0.3, 0.4) is 0 Å². The van der Waals surface area contributed by atoms with Gasteiger partial charge in [-0.3, -0.25) is 9.59 Å². The lowest BCUT2D eigenvalue weighted by atomic mass is 10.3. The number of likely N-dealkylation sites (N-methyl/N-ethyl adjacent to an activating group) is 1. The highest BCUT2D eigenvalue weighted by Crippen LogP contribution is 2.13. The fourth-order valence-corrected chi connectivity index (χ4v) is 2.32. The molecule has 1 aromatic rings. The number of nitrogens with one attached hydrogen (secondary N) is 2. The highest BCUT2D eigenvalue weighted by atomic mass is 32.2. The maximum absolute atomic E-state index is 11.7. The fourth-order valence-electron chi connectivity index (χ4n) is 1.56. The minimum absolute atomic E-state index is 0.187. The second-order valence-electron chi connectivity index (χ2n) is 4.41. The van der Waals surface area contributed by atoms with E-state index in [-0.39, 0.29) is 17.6 Å². The number of rotatable bonds is 6. The molecule has 1 atom stereocenters. The van der Waals surface area contributed by atoms with Crippen LogP contribution in [-0.2, 0) is 9.59 Å². The third-order valence-electron chi connectivity index (χ3n) is 2.42. The van der Waals surface area contributed by atoms with Gasteiger partial charge in [-0.1, -0.05) is 11.8 Å². The Hall–Kier alpha value is -1.63. The quantitative estimate of drug-likeness (QED) is 0.600. The highest BCUT2D eigenvalue weighted by Gasteiger charge is 2.15. The zero-order valence-corrected chi connectivity index (χ0v) is 13.0. The molecule has 0 spiro atoms. The summed E-state index contributed by atoms with van der Waals surface area (Å²) in [6.07, 6.45) is 0. The monoisotopic (exact) mass is 296 g/mol. The van der Waals surface area contributed by atoms with Crippen molar-refractivity contribution in [1.29, 1.82) is 0 Å². The van der Waals surface area contributed by atoms with E-state index in [1.807, 2.05) is 26.8 Å². The van der Waals surface area contributed by atoms with E-state index in [2.05, 4.69) is 20.6 Å². The van der Waals surface area contributed by atoms with Crippen LogP contribution in [0.25, 0.3) is 0 Å². The molecule has 0 aliphatic heterocycles. The van der Waals surface area contributed by atoms with E-state index in [1.165, 1.54) is 11.8 Å². The smallest absolute Gasteiger partial charge is 0.242 e. The van der Waals surface area contributed by atoms with E-state index < -0.39 is 6.04 Å². The van der Waals surface area contributed by atoms with Gasteiger partial charge in [0.05, 0.1) is 5.75 Å². The van der Waals surface area contributed by atoms with Gasteiger partial charge in [-0.25, -0.2) is 9.97 Å². The van der Waals surface area contributed by atoms with Crippen LogP contribution in [0.1, 0.15) is 25.2 Å². The molecular formula is C13H20N4O2S. The van der Waals surface area contributed by atoms with Gasteiger partial charge in [0.2, 0.25) is 11.8 Å². The molecule has 110 valence electrons. The van der Waals surface area contributed by atoms with Gasteiger partial charge in [-0.2, -0.15) is 0 Å². The number of carbonyl (C=O) groups excluding carboxylic acids is 2. The van der Waals surface area contributed by atoms with E-state index in [1.54, 1.807) is 6.92 Å². The summed E-state index contributed by atoms with van der Waals surface area (Å²) in [5.41, 5.74) is 1.74. The third-order valence-corrected chi connectivity index (χ3v) is 3.26. The minimum atomic E-state index is -0.539. The van der Waals surface area contributed by atoms with Crippen molar-refractivity contribution in [3.8, 4) is 0 Å². The lowest BCUT2D eigenvalue weighted by molar-refractivity contribution is -0.127. The van der Waals surface area contributed by atoms with E-state index in [9.17, 15) is 9.59 Å². The number of thioether (sulfide) groups is 1. The van der Waals surface area contributed by atoms with Gasteiger partial charge in [-0.15, -0.1) is 0 Å². The molecule has 0 radical (unpaired) electrons. The molecule has 0 bridgehead atoms. The van der Waals surface area contributed by atoms with E-state index >= 15 is 0 Å². The minimum Gasteiger partial charge on any atom is -0.355 e. The van der Waals surface area contributed by atoms with Gasteiger partial charge in [-0.05, 0) is 33.8 Å². The van der Waals surface area contributed by atoms with Crippen molar-refractivity contribution >= 4 is 23.6 Å². The second-order valence-corrected chi connectivity index (χ2v) is 5.35. The molecule has 2 N–H and O–H groups in total. The lowest BCUT2D eigenvalue weighted by Crippen LogP contribution is -2.45. The standard InChI is InChI=1S/C13H20N4O2S/c1-5-14-12(19)10(4)17-11(18)7-20-13-15-8(2)6-9(3)16-13/h6,10H,5,7H2,1-4H3,(H,14,19)(H,17,18). The van der Waals surface area contributed by atoms with Crippen LogP contribution < -0.4 is 10.6 Å². The summed E-state index contributed by atoms with van der Waals surface area (Å²) in [4.78, 5) is 31.7. The molecule has 1 aromatic heterocycles. The van der Waals surface area contributed by atoms with Crippen molar-refractivity contribution < 1.29 is 9.59 Å². The molecule has 0 saturated heterocycles. The van der Waals surface area contributed by atoms with Crippen molar-refractivity contribution in [2.24, 2.45) is 0 Å². The Morgan fingerprint density at radius 1 is 1.30 bits per heavy atom. The predicted molar refractivity (Wildman–Crippen MR) is 78.5 cm³/mol. The predicted octanol–water partition coefficient (Wildman–Crippen LogP) is 0.826. The largest absolute Gasteiger partial charge is 0.355 e. The van der Waals surface area contributed by atoms with Gasteiger partial charge in [0.25, 0.3) is 0 Å². The molecule has 0 fully saturated rings. The lowest BCUT2D eigenvalue weighted by Gasteiger charge is -2.12. The Kier molecular flexibility index (Phi) is 6.44. The van der Waals surface area contributed by atoms with Crippen molar-refractivity contribution in [3.05, 3.63) is 17.5 Å². The number of aromatic nitrogens is 2. The Morgan fingerprint density at radius 3 is 2.45 bits per heavy atom. The summed E-state index contributed by atoms with van der Waals surface area (Å²) < 4.78 is 0. The van der Waals surface area contributed by atoms with Crippen molar-refractivity contribution in [1.82, 2.24) is 20.6 Å². The van der Waals surface area contributed by atoms with Gasteiger partial charge in [0, 0.05) is 17.9 Å². The van der Waals surface area contributed by atoms with Crippen molar-refractivity contribution in [2.75, 3.05) is 12.3 Å². The highest BCUT2D eigenvalue weighted by molar-refractivity contribution is 7.99. The fraction of sp³-hybridized carbons (Fsp3) is 0.538. The molecule has 7 heteroatoms. The van der Waals surface area contributed by atoms with Gasteiger partial charge in [0.1, 0.15) is 6.04 Å². The maximum Gasteiger partial charge on any atom is 0.242 e. The Morgan fingerprint density at radius 2 is 1.90 bits per heavy atom. The van der Waals surface area contributed by atoms with Crippen molar-refractivity contribution in [2.45, 2.75) is 38.9 Å². The zero-order valence-electron chi connectivity index (χ0n) is 12.2. The molecule has 0 aromatic carbocycles. The molecule has 20 heavy (non-hydrogen) atoms. The van der Waals surface area contributed by atoms with Crippen molar-refractivity contribution in [3.63, 3.8) is 0 Å². The van der Waals surface area contributed by atoms with Crippen LogP contribution in [0.15, 0.2) is 11.2 Å². The molecule has 0 aliphatic rings. The van der Waals surface area contributed by atoms with E-state index in [0.29, 0.717) is 11.7 Å². The van der Waals surface area contributed by atoms with Gasteiger partial charge < -0.3 is 10.6 Å². The van der Waals surface area contributed by atoms with Crippen LogP contribution >= 0.6 is 11.8 Å². The van der Waals surface area contributed by atoms with Crippen LogP contribution in [0.4, 0.5) is 0 Å². The van der Waals surface area contributed by atoms with Gasteiger partial charge >= 0.3 is 0 Å². The maximum atomic E-state index is 11.7. The number of aryl methyl sites for hydroxylation is 2. The molecule has 1 heterocycles. The first-order valence-electron chi connectivity index (χ1n) is 6.44. The Labute approximate surface area is 123 Å². The Balaban J connectivity index is 2.45. The molecule has 1 rings (SSSR count). The molecular weight excluding hydrogens is 276 g/mol. The van der Waals surface area contributed by atoms with Gasteiger partial charge in [0.15, 0.2) is 5.16 Å². The van der Waals surface area contributed by atoms with Crippen LogP contribution in [0, 0.1) is 13.8 Å². The zero-order chi connectivity index (χ0) is 15.1. The summed E-state index contributed by atoms with van der Waals surface area (Å²) in [5.74, 6) is -0.211. The molecule has 6 nitrogen and oxygen atoms in total. The first-order chi connectivity index (χ1) is 9.42. The Bertz CT molecular complexity index is 473. The second kappa shape index (κ2) is 7.84. The summed E-state index contributed by atoms with van der Waals surface area (Å²) in [7, 11) is 0. The summed E-state index contributed by atoms with van der Waals surface area (Å²) in [6.45, 7) is 7.80. The van der Waals surface area contributed by atoms with Crippen LogP contribution in [-0.4, -0.2) is 40.1 Å². The average Bonchev–Trinajstić information content (AvgIpc) is 2.35. The van der Waals surface area contributed by atoms with E-state index in [0.717, 1.165) is 11.4 Å². The topological polar surface area (TPSA) is 84.0 Å². The molecule has 0 saturated carbocycles. The van der Waals surface area contributed by atoms with Crippen LogP contribution in [0.2, 0.25) is 0 Å².